The van der Waals surface area contributed by atoms with Crippen molar-refractivity contribution in [2.24, 2.45) is 0 Å². The summed E-state index contributed by atoms with van der Waals surface area (Å²) in [6.07, 6.45) is 12.6. The molecule has 2 aromatic carbocycles. The fraction of sp³-hybridized carbons (Fsp3) is 0.462. The number of carbonyl (C=O) groups is 2. The molecular formula is C26H32O4S. The number of aromatic hydroxyl groups is 2. The van der Waals surface area contributed by atoms with Crippen LogP contribution in [0.25, 0.3) is 0 Å². The lowest BCUT2D eigenvalue weighted by molar-refractivity contribution is 0.0973. The van der Waals surface area contributed by atoms with E-state index < -0.39 is 11.6 Å². The van der Waals surface area contributed by atoms with Crippen molar-refractivity contribution in [3.8, 4) is 11.5 Å². The van der Waals surface area contributed by atoms with Gasteiger partial charge in [0.05, 0.1) is 16.0 Å². The molecule has 0 atom stereocenters. The number of rotatable bonds is 12. The van der Waals surface area contributed by atoms with Crippen LogP contribution >= 0.6 is 11.8 Å². The van der Waals surface area contributed by atoms with Gasteiger partial charge in [-0.1, -0.05) is 89.0 Å². The van der Waals surface area contributed by atoms with Crippen LogP contribution in [0, 0.1) is 0 Å². The van der Waals surface area contributed by atoms with Gasteiger partial charge in [0, 0.05) is 11.1 Å². The predicted molar refractivity (Wildman–Crippen MR) is 126 cm³/mol. The minimum absolute atomic E-state index is 0.0747. The average Bonchev–Trinajstić information content (AvgIpc) is 2.77. The molecule has 0 saturated heterocycles. The highest BCUT2D eigenvalue weighted by Crippen LogP contribution is 2.43. The van der Waals surface area contributed by atoms with E-state index in [4.69, 9.17) is 0 Å². The molecule has 1 aliphatic rings. The zero-order valence-corrected chi connectivity index (χ0v) is 19.1. The van der Waals surface area contributed by atoms with E-state index >= 15 is 0 Å². The van der Waals surface area contributed by atoms with Gasteiger partial charge >= 0.3 is 0 Å². The normalized spacial score (nSPS) is 12.7. The van der Waals surface area contributed by atoms with Gasteiger partial charge in [-0.2, -0.15) is 0 Å². The Bertz CT molecular complexity index is 935. The number of hydrogen-bond donors (Lipinski definition) is 2. The molecule has 0 heterocycles. The maximum atomic E-state index is 12.9. The Morgan fingerprint density at radius 1 is 0.742 bits per heavy atom. The second-order valence-electron chi connectivity index (χ2n) is 8.23. The molecule has 0 aromatic heterocycles. The van der Waals surface area contributed by atoms with Crippen molar-refractivity contribution in [1.82, 2.24) is 0 Å². The highest BCUT2D eigenvalue weighted by molar-refractivity contribution is 7.99. The summed E-state index contributed by atoms with van der Waals surface area (Å²) in [6, 6.07) is 7.94. The summed E-state index contributed by atoms with van der Waals surface area (Å²) < 4.78 is 0. The second-order valence-corrected chi connectivity index (χ2v) is 9.36. The number of hydrogen-bond acceptors (Lipinski definition) is 5. The summed E-state index contributed by atoms with van der Waals surface area (Å²) in [4.78, 5) is 26.1. The smallest absolute Gasteiger partial charge is 0.198 e. The third kappa shape index (κ3) is 5.51. The summed E-state index contributed by atoms with van der Waals surface area (Å²) in [6.45, 7) is 2.24. The van der Waals surface area contributed by atoms with Gasteiger partial charge in [0.25, 0.3) is 0 Å². The van der Waals surface area contributed by atoms with E-state index in [1.165, 1.54) is 69.2 Å². The van der Waals surface area contributed by atoms with E-state index in [0.717, 1.165) is 18.6 Å². The maximum absolute atomic E-state index is 12.9. The van der Waals surface area contributed by atoms with Crippen LogP contribution in [0.3, 0.4) is 0 Å². The molecule has 0 saturated carbocycles. The van der Waals surface area contributed by atoms with Crippen LogP contribution in [0.5, 0.6) is 11.5 Å². The van der Waals surface area contributed by atoms with Crippen LogP contribution in [0.2, 0.25) is 0 Å². The number of ketones is 2. The molecule has 0 spiro atoms. The summed E-state index contributed by atoms with van der Waals surface area (Å²) in [5.74, 6) is -0.492. The van der Waals surface area contributed by atoms with Crippen LogP contribution in [-0.4, -0.2) is 27.5 Å². The Hall–Kier alpha value is -2.27. The Labute approximate surface area is 189 Å². The summed E-state index contributed by atoms with van der Waals surface area (Å²) >= 11 is 1.42. The first-order valence-corrected chi connectivity index (χ1v) is 12.4. The van der Waals surface area contributed by atoms with Gasteiger partial charge in [0.15, 0.2) is 11.6 Å². The molecule has 5 heteroatoms. The largest absolute Gasteiger partial charge is 0.507 e. The number of unbranched alkanes of at least 4 members (excludes halogenated alkanes) is 9. The molecule has 4 nitrogen and oxygen atoms in total. The van der Waals surface area contributed by atoms with Gasteiger partial charge in [-0.15, -0.1) is 11.8 Å². The molecule has 2 N–H and O–H groups in total. The zero-order chi connectivity index (χ0) is 22.2. The molecule has 1 aliphatic carbocycles. The van der Waals surface area contributed by atoms with Gasteiger partial charge < -0.3 is 10.2 Å². The molecular weight excluding hydrogens is 408 g/mol. The van der Waals surface area contributed by atoms with Crippen molar-refractivity contribution in [3.05, 3.63) is 52.6 Å². The molecule has 166 valence electrons. The predicted octanol–water partition coefficient (Wildman–Crippen LogP) is 6.89. The Morgan fingerprint density at radius 2 is 1.26 bits per heavy atom. The number of thioether (sulfide) groups is 1. The van der Waals surface area contributed by atoms with E-state index in [2.05, 4.69) is 6.92 Å². The van der Waals surface area contributed by atoms with Gasteiger partial charge in [-0.05, 0) is 18.2 Å². The fourth-order valence-electron chi connectivity index (χ4n) is 4.12. The van der Waals surface area contributed by atoms with Gasteiger partial charge in [-0.25, -0.2) is 0 Å². The molecule has 3 rings (SSSR count). The van der Waals surface area contributed by atoms with Crippen molar-refractivity contribution in [3.63, 3.8) is 0 Å². The first kappa shape index (κ1) is 23.4. The van der Waals surface area contributed by atoms with Crippen LogP contribution in [0.15, 0.2) is 35.2 Å². The summed E-state index contributed by atoms with van der Waals surface area (Å²) in [5, 5.41) is 21.2. The van der Waals surface area contributed by atoms with Crippen molar-refractivity contribution >= 4 is 23.3 Å². The van der Waals surface area contributed by atoms with Crippen LogP contribution < -0.4 is 0 Å². The molecule has 31 heavy (non-hydrogen) atoms. The fourth-order valence-corrected chi connectivity index (χ4v) is 5.12. The van der Waals surface area contributed by atoms with Crippen molar-refractivity contribution in [2.45, 2.75) is 76.0 Å². The Kier molecular flexibility index (Phi) is 8.59. The number of phenols is 2. The van der Waals surface area contributed by atoms with Crippen LogP contribution in [0.4, 0.5) is 0 Å². The van der Waals surface area contributed by atoms with Crippen molar-refractivity contribution in [2.75, 3.05) is 5.75 Å². The highest BCUT2D eigenvalue weighted by Gasteiger charge is 2.35. The zero-order valence-electron chi connectivity index (χ0n) is 18.3. The lowest BCUT2D eigenvalue weighted by atomic mass is 9.83. The third-order valence-corrected chi connectivity index (χ3v) is 6.99. The van der Waals surface area contributed by atoms with E-state index in [1.54, 1.807) is 24.3 Å². The minimum Gasteiger partial charge on any atom is -0.507 e. The van der Waals surface area contributed by atoms with Gasteiger partial charge in [-0.3, -0.25) is 9.59 Å². The first-order chi connectivity index (χ1) is 15.1. The number of phenolic OH excluding ortho intramolecular Hbond substituents is 2. The van der Waals surface area contributed by atoms with Crippen LogP contribution in [-0.2, 0) is 0 Å². The topological polar surface area (TPSA) is 74.6 Å². The third-order valence-electron chi connectivity index (χ3n) is 5.87. The monoisotopic (exact) mass is 440 g/mol. The van der Waals surface area contributed by atoms with Gasteiger partial charge in [0.2, 0.25) is 0 Å². The maximum Gasteiger partial charge on any atom is 0.198 e. The highest BCUT2D eigenvalue weighted by atomic mass is 32.2. The van der Waals surface area contributed by atoms with Gasteiger partial charge in [0.1, 0.15) is 11.5 Å². The first-order valence-electron chi connectivity index (χ1n) is 11.5. The van der Waals surface area contributed by atoms with E-state index in [-0.39, 0.29) is 33.8 Å². The molecule has 2 aromatic rings. The SMILES string of the molecule is CCCCCCCCCCCCSc1cc(O)c2c(c1O)C(=O)c1ccccc1C2=O. The Morgan fingerprint density at radius 3 is 1.84 bits per heavy atom. The van der Waals surface area contributed by atoms with E-state index in [0.29, 0.717) is 4.90 Å². The quantitative estimate of drug-likeness (QED) is 0.182. The van der Waals surface area contributed by atoms with E-state index in [9.17, 15) is 19.8 Å². The summed E-state index contributed by atoms with van der Waals surface area (Å²) in [7, 11) is 0. The lowest BCUT2D eigenvalue weighted by Crippen LogP contribution is -2.21. The molecule has 0 unspecified atom stereocenters. The average molecular weight is 441 g/mol. The molecule has 0 bridgehead atoms. The van der Waals surface area contributed by atoms with Crippen LogP contribution in [0.1, 0.15) is 103 Å². The summed E-state index contributed by atoms with van der Waals surface area (Å²) in [5.41, 5.74) is 0.366. The number of fused-ring (bicyclic) bond motifs is 2. The second kappa shape index (κ2) is 11.4. The lowest BCUT2D eigenvalue weighted by Gasteiger charge is -2.20. The molecule has 0 fully saturated rings. The van der Waals surface area contributed by atoms with Crippen molar-refractivity contribution < 1.29 is 19.8 Å². The molecule has 0 radical (unpaired) electrons. The number of carbonyl (C=O) groups excluding carboxylic acids is 2. The van der Waals surface area contributed by atoms with Crippen molar-refractivity contribution in [1.29, 1.82) is 0 Å². The minimum atomic E-state index is -0.427. The number of benzene rings is 2. The standard InChI is InChI=1S/C26H32O4S/c1-2-3-4-5-6-7-8-9-10-13-16-31-21-17-20(27)22-23(26(21)30)25(29)19-15-12-11-14-18(19)24(22)28/h11-12,14-15,17,27,30H,2-10,13,16H2,1H3. The van der Waals surface area contributed by atoms with E-state index in [1.807, 2.05) is 0 Å². The molecule has 0 amide bonds. The Balaban J connectivity index is 1.53. The molecule has 0 aliphatic heterocycles.